The van der Waals surface area contributed by atoms with Gasteiger partial charge in [0.2, 0.25) is 0 Å². The van der Waals surface area contributed by atoms with E-state index in [9.17, 15) is 9.90 Å². The maximum atomic E-state index is 11.4. The lowest BCUT2D eigenvalue weighted by Gasteiger charge is -2.36. The smallest absolute Gasteiger partial charge is 0.159 e. The molecule has 0 saturated carbocycles. The second-order valence-corrected chi connectivity index (χ2v) is 5.87. The number of carbonyl (C=O) groups is 1. The van der Waals surface area contributed by atoms with Crippen molar-refractivity contribution in [2.45, 2.75) is 32.4 Å². The summed E-state index contributed by atoms with van der Waals surface area (Å²) in [7, 11) is 4.23. The lowest BCUT2D eigenvalue weighted by molar-refractivity contribution is 0.101. The Morgan fingerprint density at radius 1 is 1.50 bits per heavy atom. The minimum Gasteiger partial charge on any atom is -0.508 e. The molecule has 1 aromatic carbocycles. The number of carbonyl (C=O) groups excluding carboxylic acids is 1. The molecule has 1 fully saturated rings. The summed E-state index contributed by atoms with van der Waals surface area (Å²) in [5, 5.41) is 9.97. The highest BCUT2D eigenvalue weighted by atomic mass is 16.3. The Morgan fingerprint density at radius 3 is 2.90 bits per heavy atom. The Hall–Kier alpha value is -1.39. The Labute approximate surface area is 121 Å². The molecule has 0 aromatic heterocycles. The Bertz CT molecular complexity index is 487. The van der Waals surface area contributed by atoms with Crippen molar-refractivity contribution in [2.24, 2.45) is 0 Å². The van der Waals surface area contributed by atoms with Gasteiger partial charge in [0.15, 0.2) is 5.78 Å². The van der Waals surface area contributed by atoms with E-state index in [0.29, 0.717) is 18.2 Å². The van der Waals surface area contributed by atoms with Crippen LogP contribution in [-0.4, -0.2) is 53.9 Å². The maximum Gasteiger partial charge on any atom is 0.159 e. The number of phenolic OH excluding ortho intramolecular Hbond substituents is 1. The first-order valence-electron chi connectivity index (χ1n) is 7.19. The fraction of sp³-hybridized carbons (Fsp3) is 0.562. The first-order valence-corrected chi connectivity index (χ1v) is 7.19. The molecule has 4 nitrogen and oxygen atoms in total. The molecule has 1 heterocycles. The molecular weight excluding hydrogens is 252 g/mol. The molecule has 1 aromatic rings. The average Bonchev–Trinajstić information content (AvgIpc) is 2.41. The summed E-state index contributed by atoms with van der Waals surface area (Å²) in [6.45, 7) is 4.44. The number of nitrogens with zero attached hydrogens (tertiary/aromatic N) is 2. The number of piperidine rings is 1. The lowest BCUT2D eigenvalue weighted by Crippen LogP contribution is -2.44. The molecule has 1 atom stereocenters. The van der Waals surface area contributed by atoms with E-state index in [2.05, 4.69) is 23.9 Å². The van der Waals surface area contributed by atoms with Crippen molar-refractivity contribution >= 4 is 5.78 Å². The summed E-state index contributed by atoms with van der Waals surface area (Å²) >= 11 is 0. The van der Waals surface area contributed by atoms with E-state index in [-0.39, 0.29) is 11.5 Å². The molecular formula is C16H24N2O2. The number of Topliss-reactive ketones (excluding diaryl/α,β-unsaturated/α-hetero) is 1. The number of rotatable bonds is 4. The monoisotopic (exact) mass is 276 g/mol. The van der Waals surface area contributed by atoms with Gasteiger partial charge < -0.3 is 10.0 Å². The van der Waals surface area contributed by atoms with Gasteiger partial charge in [-0.1, -0.05) is 0 Å². The number of hydrogen-bond donors (Lipinski definition) is 1. The van der Waals surface area contributed by atoms with Gasteiger partial charge in [-0.3, -0.25) is 9.69 Å². The Kier molecular flexibility index (Phi) is 4.78. The number of ketones is 1. The van der Waals surface area contributed by atoms with E-state index < -0.39 is 0 Å². The Balaban J connectivity index is 2.08. The van der Waals surface area contributed by atoms with E-state index in [1.165, 1.54) is 12.8 Å². The summed E-state index contributed by atoms with van der Waals surface area (Å²) in [5.74, 6) is 0.303. The van der Waals surface area contributed by atoms with Gasteiger partial charge in [0.1, 0.15) is 5.75 Å². The van der Waals surface area contributed by atoms with Crippen LogP contribution < -0.4 is 0 Å². The highest BCUT2D eigenvalue weighted by Gasteiger charge is 2.21. The third kappa shape index (κ3) is 3.58. The van der Waals surface area contributed by atoms with Gasteiger partial charge in [0, 0.05) is 30.3 Å². The van der Waals surface area contributed by atoms with Crippen LogP contribution in [0.25, 0.3) is 0 Å². The second kappa shape index (κ2) is 6.37. The molecule has 1 aliphatic heterocycles. The van der Waals surface area contributed by atoms with Crippen molar-refractivity contribution < 1.29 is 9.90 Å². The summed E-state index contributed by atoms with van der Waals surface area (Å²) in [5.41, 5.74) is 1.49. The molecule has 0 radical (unpaired) electrons. The van der Waals surface area contributed by atoms with Crippen LogP contribution in [0.5, 0.6) is 5.75 Å². The van der Waals surface area contributed by atoms with E-state index in [1.54, 1.807) is 25.1 Å². The summed E-state index contributed by atoms with van der Waals surface area (Å²) in [6.07, 6.45) is 2.40. The molecule has 110 valence electrons. The molecule has 4 heteroatoms. The largest absolute Gasteiger partial charge is 0.508 e. The van der Waals surface area contributed by atoms with Crippen LogP contribution in [0.4, 0.5) is 0 Å². The number of hydrogen-bond acceptors (Lipinski definition) is 4. The van der Waals surface area contributed by atoms with Crippen LogP contribution in [-0.2, 0) is 6.54 Å². The van der Waals surface area contributed by atoms with Gasteiger partial charge in [0.25, 0.3) is 0 Å². The SMILES string of the molecule is CC(=O)c1ccc(O)c(CN(C)C2CCCN(C)C2)c1. The van der Waals surface area contributed by atoms with Crippen LogP contribution in [0.3, 0.4) is 0 Å². The third-order valence-corrected chi connectivity index (χ3v) is 4.13. The van der Waals surface area contributed by atoms with Gasteiger partial charge in [-0.2, -0.15) is 0 Å². The standard InChI is InChI=1S/C16H24N2O2/c1-12(19)13-6-7-16(20)14(9-13)10-18(3)15-5-4-8-17(2)11-15/h6-7,9,15,20H,4-5,8,10-11H2,1-3H3. The highest BCUT2D eigenvalue weighted by molar-refractivity contribution is 5.94. The van der Waals surface area contributed by atoms with E-state index >= 15 is 0 Å². The van der Waals surface area contributed by atoms with E-state index in [1.807, 2.05) is 0 Å². The average molecular weight is 276 g/mol. The minimum absolute atomic E-state index is 0.0336. The van der Waals surface area contributed by atoms with Crippen molar-refractivity contribution in [2.75, 3.05) is 27.2 Å². The number of aromatic hydroxyl groups is 1. The van der Waals surface area contributed by atoms with Gasteiger partial charge in [-0.25, -0.2) is 0 Å². The van der Waals surface area contributed by atoms with Crippen molar-refractivity contribution in [3.8, 4) is 5.75 Å². The molecule has 20 heavy (non-hydrogen) atoms. The zero-order valence-corrected chi connectivity index (χ0v) is 12.6. The van der Waals surface area contributed by atoms with E-state index in [0.717, 1.165) is 18.7 Å². The van der Waals surface area contributed by atoms with Gasteiger partial charge >= 0.3 is 0 Å². The maximum absolute atomic E-state index is 11.4. The number of phenols is 1. The number of likely N-dealkylation sites (N-methyl/N-ethyl adjacent to an activating group) is 2. The molecule has 0 spiro atoms. The quantitative estimate of drug-likeness (QED) is 0.856. The lowest BCUT2D eigenvalue weighted by atomic mass is 10.0. The summed E-state index contributed by atoms with van der Waals surface area (Å²) < 4.78 is 0. The summed E-state index contributed by atoms with van der Waals surface area (Å²) in [6, 6.07) is 5.61. The molecule has 2 rings (SSSR count). The molecule has 1 unspecified atom stereocenters. The minimum atomic E-state index is 0.0336. The van der Waals surface area contributed by atoms with Crippen LogP contribution in [0, 0.1) is 0 Å². The van der Waals surface area contributed by atoms with Crippen LogP contribution >= 0.6 is 0 Å². The van der Waals surface area contributed by atoms with Crippen LogP contribution in [0.1, 0.15) is 35.7 Å². The van der Waals surface area contributed by atoms with Gasteiger partial charge in [-0.05, 0) is 58.6 Å². The fourth-order valence-corrected chi connectivity index (χ4v) is 2.83. The zero-order chi connectivity index (χ0) is 14.7. The van der Waals surface area contributed by atoms with Crippen LogP contribution in [0.2, 0.25) is 0 Å². The molecule has 0 bridgehead atoms. The second-order valence-electron chi connectivity index (χ2n) is 5.87. The first-order chi connectivity index (χ1) is 9.47. The van der Waals surface area contributed by atoms with Crippen molar-refractivity contribution in [1.82, 2.24) is 9.80 Å². The first kappa shape index (κ1) is 15.0. The number of benzene rings is 1. The highest BCUT2D eigenvalue weighted by Crippen LogP contribution is 2.23. The van der Waals surface area contributed by atoms with E-state index in [4.69, 9.17) is 0 Å². The molecule has 1 N–H and O–H groups in total. The predicted molar refractivity (Wildman–Crippen MR) is 80.1 cm³/mol. The van der Waals surface area contributed by atoms with Crippen molar-refractivity contribution in [3.63, 3.8) is 0 Å². The molecule has 0 aliphatic carbocycles. The predicted octanol–water partition coefficient (Wildman–Crippen LogP) is 2.12. The molecule has 0 amide bonds. The van der Waals surface area contributed by atoms with Crippen molar-refractivity contribution in [1.29, 1.82) is 0 Å². The zero-order valence-electron chi connectivity index (χ0n) is 12.6. The fourth-order valence-electron chi connectivity index (χ4n) is 2.83. The number of likely N-dealkylation sites (tertiary alicyclic amines) is 1. The topological polar surface area (TPSA) is 43.8 Å². The summed E-state index contributed by atoms with van der Waals surface area (Å²) in [4.78, 5) is 16.1. The van der Waals surface area contributed by atoms with Crippen molar-refractivity contribution in [3.05, 3.63) is 29.3 Å². The normalized spacial score (nSPS) is 20.3. The van der Waals surface area contributed by atoms with Gasteiger partial charge in [0.05, 0.1) is 0 Å². The van der Waals surface area contributed by atoms with Gasteiger partial charge in [-0.15, -0.1) is 0 Å². The van der Waals surface area contributed by atoms with Crippen LogP contribution in [0.15, 0.2) is 18.2 Å². The molecule has 1 saturated heterocycles. The molecule has 1 aliphatic rings. The Morgan fingerprint density at radius 2 is 2.25 bits per heavy atom. The third-order valence-electron chi connectivity index (χ3n) is 4.13.